The SMILES string of the molecule is Cn1nc(C2CNC2)c(Cl)c1CC1c2ccccc2C(=O)N1Cc1ccc2[nH]nnc2c1. The average Bonchev–Trinajstić information content (AvgIpc) is 3.40. The first-order chi connectivity index (χ1) is 15.6. The Balaban J connectivity index is 1.36. The lowest BCUT2D eigenvalue weighted by Crippen LogP contribution is -2.40. The molecule has 0 spiro atoms. The fourth-order valence-electron chi connectivity index (χ4n) is 4.73. The molecule has 4 aromatic rings. The third-order valence-electron chi connectivity index (χ3n) is 6.61. The Morgan fingerprint density at radius 1 is 1.19 bits per heavy atom. The average molecular weight is 448 g/mol. The van der Waals surface area contributed by atoms with E-state index in [1.165, 1.54) is 0 Å². The van der Waals surface area contributed by atoms with Gasteiger partial charge in [-0.1, -0.05) is 41.1 Å². The number of nitrogens with one attached hydrogen (secondary N) is 2. The monoisotopic (exact) mass is 447 g/mol. The van der Waals surface area contributed by atoms with E-state index in [1.807, 2.05) is 59.1 Å². The smallest absolute Gasteiger partial charge is 0.255 e. The lowest BCUT2D eigenvalue weighted by atomic mass is 9.97. The number of benzene rings is 2. The largest absolute Gasteiger partial charge is 0.327 e. The number of halogens is 1. The highest BCUT2D eigenvalue weighted by molar-refractivity contribution is 6.32. The molecule has 162 valence electrons. The quantitative estimate of drug-likeness (QED) is 0.490. The third-order valence-corrected chi connectivity index (χ3v) is 7.02. The molecule has 1 unspecified atom stereocenters. The molecule has 0 saturated carbocycles. The summed E-state index contributed by atoms with van der Waals surface area (Å²) in [5, 5.41) is 19.5. The molecule has 2 aromatic heterocycles. The second kappa shape index (κ2) is 7.43. The molecule has 4 heterocycles. The van der Waals surface area contributed by atoms with Gasteiger partial charge < -0.3 is 10.2 Å². The van der Waals surface area contributed by atoms with Gasteiger partial charge in [0.15, 0.2) is 0 Å². The summed E-state index contributed by atoms with van der Waals surface area (Å²) in [4.78, 5) is 15.3. The Hall–Kier alpha value is -3.23. The van der Waals surface area contributed by atoms with Crippen molar-refractivity contribution in [3.8, 4) is 0 Å². The standard InChI is InChI=1S/C23H22ClN7O/c1-30-20(21(24)22(28-30)14-10-25-11-14)9-19-15-4-2-3-5-16(15)23(32)31(19)12-13-6-7-17-18(8-13)27-29-26-17/h2-8,14,19,25H,9-12H2,1H3,(H,26,27,29). The molecule has 2 aliphatic heterocycles. The summed E-state index contributed by atoms with van der Waals surface area (Å²) in [5.74, 6) is 0.387. The normalized spacial score (nSPS) is 18.4. The number of hydrogen-bond donors (Lipinski definition) is 2. The molecule has 9 heteroatoms. The van der Waals surface area contributed by atoms with E-state index in [0.29, 0.717) is 18.9 Å². The Morgan fingerprint density at radius 2 is 2.03 bits per heavy atom. The molecular formula is C23H22ClN7O. The van der Waals surface area contributed by atoms with E-state index >= 15 is 0 Å². The van der Waals surface area contributed by atoms with Crippen LogP contribution in [0.3, 0.4) is 0 Å². The number of carbonyl (C=O) groups is 1. The van der Waals surface area contributed by atoms with E-state index in [-0.39, 0.29) is 11.9 Å². The molecule has 1 atom stereocenters. The van der Waals surface area contributed by atoms with Crippen LogP contribution in [0.1, 0.15) is 44.8 Å². The van der Waals surface area contributed by atoms with E-state index in [9.17, 15) is 4.79 Å². The summed E-state index contributed by atoms with van der Waals surface area (Å²) >= 11 is 6.81. The van der Waals surface area contributed by atoms with Crippen molar-refractivity contribution in [1.82, 2.24) is 35.4 Å². The summed E-state index contributed by atoms with van der Waals surface area (Å²) in [6.07, 6.45) is 0.609. The van der Waals surface area contributed by atoms with Crippen LogP contribution in [0.4, 0.5) is 0 Å². The van der Waals surface area contributed by atoms with Crippen LogP contribution in [0.15, 0.2) is 42.5 Å². The zero-order valence-electron chi connectivity index (χ0n) is 17.5. The Kier molecular flexibility index (Phi) is 4.51. The molecular weight excluding hydrogens is 426 g/mol. The molecule has 2 aromatic carbocycles. The van der Waals surface area contributed by atoms with Crippen LogP contribution in [0, 0.1) is 0 Å². The summed E-state index contributed by atoms with van der Waals surface area (Å²) in [7, 11) is 1.93. The molecule has 1 saturated heterocycles. The molecule has 6 rings (SSSR count). The Morgan fingerprint density at radius 3 is 2.84 bits per heavy atom. The van der Waals surface area contributed by atoms with Gasteiger partial charge in [-0.25, -0.2) is 0 Å². The minimum absolute atomic E-state index is 0.0348. The highest BCUT2D eigenvalue weighted by atomic mass is 35.5. The van der Waals surface area contributed by atoms with Gasteiger partial charge in [-0.05, 0) is 29.3 Å². The van der Waals surface area contributed by atoms with Gasteiger partial charge >= 0.3 is 0 Å². The minimum Gasteiger partial charge on any atom is -0.327 e. The molecule has 1 amide bonds. The van der Waals surface area contributed by atoms with Gasteiger partial charge in [0, 0.05) is 44.6 Å². The summed E-state index contributed by atoms with van der Waals surface area (Å²) in [6.45, 7) is 2.28. The van der Waals surface area contributed by atoms with Gasteiger partial charge in [0.2, 0.25) is 0 Å². The topological polar surface area (TPSA) is 91.7 Å². The van der Waals surface area contributed by atoms with Gasteiger partial charge in [0.05, 0.1) is 28.0 Å². The van der Waals surface area contributed by atoms with Crippen LogP contribution in [0.5, 0.6) is 0 Å². The fourth-order valence-corrected chi connectivity index (χ4v) is 5.13. The van der Waals surface area contributed by atoms with Crippen molar-refractivity contribution >= 4 is 28.5 Å². The van der Waals surface area contributed by atoms with Gasteiger partial charge in [-0.15, -0.1) is 5.10 Å². The Bertz CT molecular complexity index is 1340. The number of rotatable bonds is 5. The van der Waals surface area contributed by atoms with Crippen LogP contribution in [-0.2, 0) is 20.0 Å². The molecule has 2 N–H and O–H groups in total. The molecule has 2 aliphatic rings. The lowest BCUT2D eigenvalue weighted by molar-refractivity contribution is 0.0708. The van der Waals surface area contributed by atoms with Crippen molar-refractivity contribution in [1.29, 1.82) is 0 Å². The van der Waals surface area contributed by atoms with Crippen LogP contribution in [0.25, 0.3) is 11.0 Å². The van der Waals surface area contributed by atoms with Crippen molar-refractivity contribution in [2.45, 2.75) is 24.9 Å². The zero-order valence-corrected chi connectivity index (χ0v) is 18.3. The number of aryl methyl sites for hydroxylation is 1. The zero-order chi connectivity index (χ0) is 21.8. The summed E-state index contributed by atoms with van der Waals surface area (Å²) < 4.78 is 1.88. The maximum absolute atomic E-state index is 13.4. The number of H-pyrrole nitrogens is 1. The van der Waals surface area contributed by atoms with Crippen LogP contribution in [-0.4, -0.2) is 49.1 Å². The van der Waals surface area contributed by atoms with Crippen molar-refractivity contribution in [2.75, 3.05) is 13.1 Å². The Labute approximate surface area is 189 Å². The fraction of sp³-hybridized carbons (Fsp3) is 0.304. The van der Waals surface area contributed by atoms with E-state index in [0.717, 1.165) is 57.2 Å². The number of hydrogen-bond acceptors (Lipinski definition) is 5. The number of fused-ring (bicyclic) bond motifs is 2. The molecule has 1 fully saturated rings. The maximum atomic E-state index is 13.4. The molecule has 32 heavy (non-hydrogen) atoms. The predicted octanol–water partition coefficient (Wildman–Crippen LogP) is 2.97. The maximum Gasteiger partial charge on any atom is 0.255 e. The minimum atomic E-state index is -0.119. The summed E-state index contributed by atoms with van der Waals surface area (Å²) in [5.41, 5.74) is 6.36. The van der Waals surface area contributed by atoms with Gasteiger partial charge in [-0.2, -0.15) is 5.10 Å². The molecule has 8 nitrogen and oxygen atoms in total. The second-order valence-electron chi connectivity index (χ2n) is 8.53. The second-order valence-corrected chi connectivity index (χ2v) is 8.91. The third kappa shape index (κ3) is 3.02. The van der Waals surface area contributed by atoms with Crippen LogP contribution >= 0.6 is 11.6 Å². The number of aromatic amines is 1. The highest BCUT2D eigenvalue weighted by Gasteiger charge is 2.38. The first kappa shape index (κ1) is 19.5. The molecule has 0 aliphatic carbocycles. The number of nitrogens with zero attached hydrogens (tertiary/aromatic N) is 5. The van der Waals surface area contributed by atoms with Crippen LogP contribution < -0.4 is 5.32 Å². The van der Waals surface area contributed by atoms with E-state index < -0.39 is 0 Å². The van der Waals surface area contributed by atoms with Gasteiger partial charge in [0.25, 0.3) is 5.91 Å². The van der Waals surface area contributed by atoms with Crippen molar-refractivity contribution in [3.05, 3.63) is 75.6 Å². The summed E-state index contributed by atoms with van der Waals surface area (Å²) in [6, 6.07) is 13.7. The van der Waals surface area contributed by atoms with E-state index in [1.54, 1.807) is 0 Å². The number of carbonyl (C=O) groups excluding carboxylic acids is 1. The lowest BCUT2D eigenvalue weighted by Gasteiger charge is -2.26. The van der Waals surface area contributed by atoms with Crippen LogP contribution in [0.2, 0.25) is 5.02 Å². The van der Waals surface area contributed by atoms with Crippen molar-refractivity contribution in [3.63, 3.8) is 0 Å². The van der Waals surface area contributed by atoms with Crippen molar-refractivity contribution < 1.29 is 4.79 Å². The number of aromatic nitrogens is 5. The van der Waals surface area contributed by atoms with Gasteiger partial charge in [-0.3, -0.25) is 14.6 Å². The van der Waals surface area contributed by atoms with E-state index in [4.69, 9.17) is 16.7 Å². The van der Waals surface area contributed by atoms with Crippen molar-refractivity contribution in [2.24, 2.45) is 7.05 Å². The number of amides is 1. The molecule has 0 radical (unpaired) electrons. The van der Waals surface area contributed by atoms with E-state index in [2.05, 4.69) is 20.7 Å². The first-order valence-electron chi connectivity index (χ1n) is 10.7. The molecule has 0 bridgehead atoms. The highest BCUT2D eigenvalue weighted by Crippen LogP contribution is 2.39. The van der Waals surface area contributed by atoms with Gasteiger partial charge in [0.1, 0.15) is 5.52 Å². The first-order valence-corrected chi connectivity index (χ1v) is 11.1. The predicted molar refractivity (Wildman–Crippen MR) is 120 cm³/mol.